The predicted octanol–water partition coefficient (Wildman–Crippen LogP) is 2.47. The lowest BCUT2D eigenvalue weighted by Crippen LogP contribution is -2.46. The van der Waals surface area contributed by atoms with E-state index in [1.165, 1.54) is 30.1 Å². The Morgan fingerprint density at radius 2 is 1.75 bits per heavy atom. The molecule has 0 aliphatic heterocycles. The van der Waals surface area contributed by atoms with Gasteiger partial charge in [-0.1, -0.05) is 42.5 Å². The maximum Gasteiger partial charge on any atom is 0.419 e. The van der Waals surface area contributed by atoms with E-state index in [0.29, 0.717) is 6.42 Å². The number of nitrogens with two attached hydrogens (primary N) is 1. The van der Waals surface area contributed by atoms with Crippen molar-refractivity contribution in [3.8, 4) is 5.75 Å². The third kappa shape index (κ3) is 6.24. The summed E-state index contributed by atoms with van der Waals surface area (Å²) in [5, 5.41) is 10.1. The molecule has 152 valence electrons. The van der Waals surface area contributed by atoms with Gasteiger partial charge in [0.2, 0.25) is 5.91 Å². The van der Waals surface area contributed by atoms with Crippen molar-refractivity contribution in [1.82, 2.24) is 4.90 Å². The number of likely N-dealkylation sites (N-methyl/N-ethyl adjacent to an activating group) is 1. The van der Waals surface area contributed by atoms with Crippen molar-refractivity contribution >= 4 is 5.91 Å². The number of carbonyl (C=O) groups is 1. The molecule has 2 aromatic carbocycles. The Kier molecular flexibility index (Phi) is 7.42. The van der Waals surface area contributed by atoms with E-state index in [2.05, 4.69) is 0 Å². The molecule has 2 aromatic rings. The Morgan fingerprint density at radius 3 is 2.39 bits per heavy atom. The molecule has 0 aromatic heterocycles. The molecule has 0 saturated heterocycles. The quantitative estimate of drug-likeness (QED) is 0.719. The molecule has 1 unspecified atom stereocenters. The van der Waals surface area contributed by atoms with E-state index < -0.39 is 30.5 Å². The second-order valence-corrected chi connectivity index (χ2v) is 6.47. The van der Waals surface area contributed by atoms with Gasteiger partial charge < -0.3 is 20.5 Å². The number of nitrogens with zero attached hydrogens (tertiary/aromatic N) is 1. The minimum atomic E-state index is -4.56. The fourth-order valence-corrected chi connectivity index (χ4v) is 2.71. The van der Waals surface area contributed by atoms with Crippen LogP contribution in [0.4, 0.5) is 13.2 Å². The summed E-state index contributed by atoms with van der Waals surface area (Å²) in [6.07, 6.45) is -5.38. The van der Waals surface area contributed by atoms with E-state index in [4.69, 9.17) is 10.5 Å². The van der Waals surface area contributed by atoms with Crippen LogP contribution in [0.15, 0.2) is 54.6 Å². The zero-order chi connectivity index (χ0) is 20.7. The smallest absolute Gasteiger partial charge is 0.419 e. The maximum atomic E-state index is 12.9. The summed E-state index contributed by atoms with van der Waals surface area (Å²) in [7, 11) is 1.47. The number of aliphatic hydroxyl groups excluding tert-OH is 1. The Hall–Kier alpha value is -2.58. The number of halogens is 3. The molecule has 0 spiro atoms. The number of alkyl halides is 3. The molecule has 0 aliphatic rings. The summed E-state index contributed by atoms with van der Waals surface area (Å²) in [6, 6.07) is 13.2. The highest BCUT2D eigenvalue weighted by Gasteiger charge is 2.34. The van der Waals surface area contributed by atoms with Crippen molar-refractivity contribution < 1.29 is 27.8 Å². The molecular weight excluding hydrogens is 373 g/mol. The summed E-state index contributed by atoms with van der Waals surface area (Å²) >= 11 is 0. The van der Waals surface area contributed by atoms with E-state index >= 15 is 0 Å². The highest BCUT2D eigenvalue weighted by molar-refractivity contribution is 5.81. The number of hydrogen-bond acceptors (Lipinski definition) is 4. The van der Waals surface area contributed by atoms with Crippen molar-refractivity contribution in [2.45, 2.75) is 24.7 Å². The first kappa shape index (κ1) is 21.7. The minimum Gasteiger partial charge on any atom is -0.490 e. The first-order valence-electron chi connectivity index (χ1n) is 8.70. The van der Waals surface area contributed by atoms with Gasteiger partial charge in [-0.25, -0.2) is 0 Å². The lowest BCUT2D eigenvalue weighted by molar-refractivity contribution is -0.139. The van der Waals surface area contributed by atoms with Gasteiger partial charge in [-0.2, -0.15) is 13.2 Å². The van der Waals surface area contributed by atoms with Gasteiger partial charge in [0.05, 0.1) is 11.6 Å². The van der Waals surface area contributed by atoms with Crippen LogP contribution < -0.4 is 10.5 Å². The molecule has 0 fully saturated rings. The second-order valence-electron chi connectivity index (χ2n) is 6.47. The molecule has 5 nitrogen and oxygen atoms in total. The minimum absolute atomic E-state index is 0.116. The average Bonchev–Trinajstić information content (AvgIpc) is 2.66. The Morgan fingerprint density at radius 1 is 1.14 bits per heavy atom. The summed E-state index contributed by atoms with van der Waals surface area (Å²) < 4.78 is 44.0. The zero-order valence-corrected chi connectivity index (χ0v) is 15.4. The number of rotatable bonds is 8. The number of aliphatic hydroxyl groups is 1. The van der Waals surface area contributed by atoms with Crippen LogP contribution in [0.5, 0.6) is 5.75 Å². The first-order valence-corrected chi connectivity index (χ1v) is 8.70. The van der Waals surface area contributed by atoms with Crippen LogP contribution in [-0.2, 0) is 17.4 Å². The molecule has 0 aliphatic carbocycles. The molecule has 0 bridgehead atoms. The van der Waals surface area contributed by atoms with E-state index in [9.17, 15) is 23.1 Å². The SMILES string of the molecule is CN(CC(O)COc1ccccc1C(F)(F)F)C(=O)[C@@H](N)Cc1ccccc1. The molecule has 2 rings (SSSR count). The van der Waals surface area contributed by atoms with Crippen molar-refractivity contribution in [3.63, 3.8) is 0 Å². The number of para-hydroxylation sites is 1. The fourth-order valence-electron chi connectivity index (χ4n) is 2.71. The Bertz CT molecular complexity index is 769. The molecule has 0 radical (unpaired) electrons. The molecular formula is C20H23F3N2O3. The molecule has 8 heteroatoms. The van der Waals surface area contributed by atoms with Gasteiger partial charge >= 0.3 is 6.18 Å². The largest absolute Gasteiger partial charge is 0.490 e. The Balaban J connectivity index is 1.87. The zero-order valence-electron chi connectivity index (χ0n) is 15.4. The molecule has 0 saturated carbocycles. The molecule has 3 N–H and O–H groups in total. The van der Waals surface area contributed by atoms with E-state index in [1.54, 1.807) is 0 Å². The second kappa shape index (κ2) is 9.57. The third-order valence-electron chi connectivity index (χ3n) is 4.10. The van der Waals surface area contributed by atoms with E-state index in [-0.39, 0.29) is 18.2 Å². The number of amides is 1. The predicted molar refractivity (Wildman–Crippen MR) is 98.7 cm³/mol. The van der Waals surface area contributed by atoms with Crippen molar-refractivity contribution in [3.05, 3.63) is 65.7 Å². The lowest BCUT2D eigenvalue weighted by Gasteiger charge is -2.24. The summed E-state index contributed by atoms with van der Waals surface area (Å²) in [5.41, 5.74) is 5.92. The standard InChI is InChI=1S/C20H23F3N2O3/c1-25(19(27)17(24)11-14-7-3-2-4-8-14)12-15(26)13-28-18-10-6-5-9-16(18)20(21,22)23/h2-10,15,17,26H,11-13,24H2,1H3/t15?,17-/m0/s1. The fraction of sp³-hybridized carbons (Fsp3) is 0.350. The van der Waals surface area contributed by atoms with Crippen LogP contribution in [0.25, 0.3) is 0 Å². The molecule has 2 atom stereocenters. The maximum absolute atomic E-state index is 12.9. The van der Waals surface area contributed by atoms with E-state index in [1.807, 2.05) is 30.3 Å². The van der Waals surface area contributed by atoms with E-state index in [0.717, 1.165) is 11.6 Å². The van der Waals surface area contributed by atoms with Gasteiger partial charge in [0.25, 0.3) is 0 Å². The van der Waals surface area contributed by atoms with Crippen molar-refractivity contribution in [2.24, 2.45) is 5.73 Å². The van der Waals surface area contributed by atoms with Crippen molar-refractivity contribution in [2.75, 3.05) is 20.2 Å². The number of hydrogen-bond donors (Lipinski definition) is 2. The molecule has 0 heterocycles. The lowest BCUT2D eigenvalue weighted by atomic mass is 10.1. The Labute approximate surface area is 161 Å². The number of carbonyl (C=O) groups excluding carboxylic acids is 1. The van der Waals surface area contributed by atoms with Gasteiger partial charge in [0, 0.05) is 13.6 Å². The van der Waals surface area contributed by atoms with Gasteiger partial charge in [-0.3, -0.25) is 4.79 Å². The topological polar surface area (TPSA) is 75.8 Å². The van der Waals surface area contributed by atoms with Crippen LogP contribution >= 0.6 is 0 Å². The van der Waals surface area contributed by atoms with Crippen LogP contribution in [0.3, 0.4) is 0 Å². The number of benzene rings is 2. The van der Waals surface area contributed by atoms with Gasteiger partial charge in [0.1, 0.15) is 18.5 Å². The first-order chi connectivity index (χ1) is 13.2. The third-order valence-corrected chi connectivity index (χ3v) is 4.10. The van der Waals surface area contributed by atoms with Crippen LogP contribution in [0, 0.1) is 0 Å². The van der Waals surface area contributed by atoms with Crippen LogP contribution in [-0.4, -0.2) is 48.3 Å². The highest BCUT2D eigenvalue weighted by Crippen LogP contribution is 2.35. The molecule has 28 heavy (non-hydrogen) atoms. The summed E-state index contributed by atoms with van der Waals surface area (Å²) in [6.45, 7) is -0.506. The van der Waals surface area contributed by atoms with Gasteiger partial charge in [-0.05, 0) is 24.1 Å². The number of ether oxygens (including phenoxy) is 1. The normalized spacial score (nSPS) is 13.6. The monoisotopic (exact) mass is 396 g/mol. The average molecular weight is 396 g/mol. The van der Waals surface area contributed by atoms with Crippen LogP contribution in [0.2, 0.25) is 0 Å². The molecule has 1 amide bonds. The van der Waals surface area contributed by atoms with Crippen molar-refractivity contribution in [1.29, 1.82) is 0 Å². The van der Waals surface area contributed by atoms with Crippen LogP contribution in [0.1, 0.15) is 11.1 Å². The summed E-state index contributed by atoms with van der Waals surface area (Å²) in [5.74, 6) is -0.748. The summed E-state index contributed by atoms with van der Waals surface area (Å²) in [4.78, 5) is 13.6. The highest BCUT2D eigenvalue weighted by atomic mass is 19.4. The van der Waals surface area contributed by atoms with Gasteiger partial charge in [-0.15, -0.1) is 0 Å². The van der Waals surface area contributed by atoms with Gasteiger partial charge in [0.15, 0.2) is 0 Å².